The Kier molecular flexibility index (Phi) is 3.05. The number of carbonyl (C=O) groups is 1. The van der Waals surface area contributed by atoms with Crippen LogP contribution in [0.1, 0.15) is 16.1 Å². The molecule has 5 nitrogen and oxygen atoms in total. The zero-order valence-corrected chi connectivity index (χ0v) is 10.6. The minimum Gasteiger partial charge on any atom is -0.467 e. The van der Waals surface area contributed by atoms with Gasteiger partial charge in [-0.3, -0.25) is 4.79 Å². The molecule has 0 aliphatic carbocycles. The highest BCUT2D eigenvalue weighted by molar-refractivity contribution is 6.32. The average molecular weight is 280 g/mol. The van der Waals surface area contributed by atoms with Crippen molar-refractivity contribution in [1.82, 2.24) is 5.32 Å². The van der Waals surface area contributed by atoms with Crippen molar-refractivity contribution in [1.29, 1.82) is 0 Å². The summed E-state index contributed by atoms with van der Waals surface area (Å²) >= 11 is 6.02. The molecule has 0 atom stereocenters. The Labute approximate surface area is 114 Å². The summed E-state index contributed by atoms with van der Waals surface area (Å²) in [6.45, 7) is 0.435. The first-order valence-electron chi connectivity index (χ1n) is 5.64. The number of hydrogen-bond acceptors (Lipinski definition) is 4. The van der Waals surface area contributed by atoms with Gasteiger partial charge in [0.05, 0.1) is 17.8 Å². The zero-order chi connectivity index (χ0) is 13.2. The van der Waals surface area contributed by atoms with Crippen LogP contribution in [0.2, 0.25) is 5.02 Å². The van der Waals surface area contributed by atoms with Gasteiger partial charge in [-0.2, -0.15) is 0 Å². The SMILES string of the molecule is O=C(NCc1ccco1)c1cc(Cl)c2c(c1)OCO2. The van der Waals surface area contributed by atoms with Crippen LogP contribution in [-0.4, -0.2) is 12.7 Å². The third-order valence-electron chi connectivity index (χ3n) is 2.69. The molecule has 1 aliphatic rings. The van der Waals surface area contributed by atoms with Gasteiger partial charge in [0.15, 0.2) is 11.5 Å². The fourth-order valence-electron chi connectivity index (χ4n) is 1.78. The van der Waals surface area contributed by atoms with Crippen LogP contribution < -0.4 is 14.8 Å². The lowest BCUT2D eigenvalue weighted by Gasteiger charge is -2.05. The highest BCUT2D eigenvalue weighted by Crippen LogP contribution is 2.39. The summed E-state index contributed by atoms with van der Waals surface area (Å²) < 4.78 is 15.5. The fraction of sp³-hybridized carbons (Fsp3) is 0.154. The molecule has 19 heavy (non-hydrogen) atoms. The minimum absolute atomic E-state index is 0.118. The fourth-order valence-corrected chi connectivity index (χ4v) is 2.05. The van der Waals surface area contributed by atoms with E-state index in [4.69, 9.17) is 25.5 Å². The molecule has 3 rings (SSSR count). The maximum Gasteiger partial charge on any atom is 0.251 e. The van der Waals surface area contributed by atoms with Crippen LogP contribution >= 0.6 is 11.6 Å². The molecule has 0 unspecified atom stereocenters. The van der Waals surface area contributed by atoms with E-state index in [1.54, 1.807) is 30.5 Å². The highest BCUT2D eigenvalue weighted by atomic mass is 35.5. The molecule has 1 aliphatic heterocycles. The lowest BCUT2D eigenvalue weighted by molar-refractivity contribution is 0.0947. The second-order valence-electron chi connectivity index (χ2n) is 3.95. The molecule has 0 bridgehead atoms. The van der Waals surface area contributed by atoms with E-state index in [-0.39, 0.29) is 12.7 Å². The Bertz CT molecular complexity index is 609. The van der Waals surface area contributed by atoms with Gasteiger partial charge >= 0.3 is 0 Å². The molecule has 0 spiro atoms. The first kappa shape index (κ1) is 11.9. The standard InChI is InChI=1S/C13H10ClNO4/c14-10-4-8(5-11-12(10)19-7-18-11)13(16)15-6-9-2-1-3-17-9/h1-5H,6-7H2,(H,15,16). The molecule has 1 aromatic carbocycles. The third-order valence-corrected chi connectivity index (χ3v) is 2.97. The second kappa shape index (κ2) is 4.85. The maximum atomic E-state index is 12.0. The summed E-state index contributed by atoms with van der Waals surface area (Å²) in [6.07, 6.45) is 1.55. The Balaban J connectivity index is 1.75. The Morgan fingerprint density at radius 1 is 1.37 bits per heavy atom. The number of furan rings is 1. The van der Waals surface area contributed by atoms with Crippen molar-refractivity contribution in [3.05, 3.63) is 46.9 Å². The first-order chi connectivity index (χ1) is 9.24. The van der Waals surface area contributed by atoms with Gasteiger partial charge in [0.1, 0.15) is 5.76 Å². The molecule has 0 radical (unpaired) electrons. The summed E-state index contributed by atoms with van der Waals surface area (Å²) in [5, 5.41) is 3.09. The van der Waals surface area contributed by atoms with Crippen LogP contribution in [0.25, 0.3) is 0 Å². The predicted octanol–water partition coefficient (Wildman–Crippen LogP) is 2.59. The molecule has 2 heterocycles. The monoisotopic (exact) mass is 279 g/mol. The van der Waals surface area contributed by atoms with Crippen molar-refractivity contribution >= 4 is 17.5 Å². The van der Waals surface area contributed by atoms with E-state index < -0.39 is 0 Å². The number of amides is 1. The van der Waals surface area contributed by atoms with E-state index in [2.05, 4.69) is 5.32 Å². The van der Waals surface area contributed by atoms with Crippen LogP contribution in [0.15, 0.2) is 34.9 Å². The summed E-state index contributed by atoms with van der Waals surface area (Å²) in [5.74, 6) is 1.39. The van der Waals surface area contributed by atoms with Gasteiger partial charge in [-0.1, -0.05) is 11.6 Å². The lowest BCUT2D eigenvalue weighted by Crippen LogP contribution is -2.22. The number of hydrogen-bond donors (Lipinski definition) is 1. The largest absolute Gasteiger partial charge is 0.467 e. The Hall–Kier alpha value is -2.14. The first-order valence-corrected chi connectivity index (χ1v) is 6.01. The van der Waals surface area contributed by atoms with Gasteiger partial charge in [0.2, 0.25) is 6.79 Å². The quantitative estimate of drug-likeness (QED) is 0.938. The summed E-state index contributed by atoms with van der Waals surface area (Å²) in [5.41, 5.74) is 0.417. The van der Waals surface area contributed by atoms with Crippen molar-refractivity contribution in [2.45, 2.75) is 6.54 Å². The van der Waals surface area contributed by atoms with E-state index in [1.165, 1.54) is 0 Å². The van der Waals surface area contributed by atoms with Gasteiger partial charge in [-0.15, -0.1) is 0 Å². The lowest BCUT2D eigenvalue weighted by atomic mass is 10.2. The zero-order valence-electron chi connectivity index (χ0n) is 9.81. The van der Waals surface area contributed by atoms with Gasteiger partial charge in [0.25, 0.3) is 5.91 Å². The number of carbonyl (C=O) groups excluding carboxylic acids is 1. The van der Waals surface area contributed by atoms with Gasteiger partial charge < -0.3 is 19.2 Å². The summed E-state index contributed by atoms with van der Waals surface area (Å²) in [7, 11) is 0. The molecule has 2 aromatic rings. The van der Waals surface area contributed by atoms with Gasteiger partial charge in [-0.05, 0) is 24.3 Å². The number of fused-ring (bicyclic) bond motifs is 1. The molecule has 0 saturated carbocycles. The molecular formula is C13H10ClNO4. The molecule has 0 fully saturated rings. The minimum atomic E-state index is -0.253. The van der Waals surface area contributed by atoms with E-state index in [0.717, 1.165) is 0 Å². The van der Waals surface area contributed by atoms with E-state index >= 15 is 0 Å². The van der Waals surface area contributed by atoms with E-state index in [9.17, 15) is 4.79 Å². The highest BCUT2D eigenvalue weighted by Gasteiger charge is 2.20. The third kappa shape index (κ3) is 2.37. The second-order valence-corrected chi connectivity index (χ2v) is 4.36. The predicted molar refractivity (Wildman–Crippen MR) is 67.5 cm³/mol. The molecule has 1 amide bonds. The Morgan fingerprint density at radius 2 is 2.26 bits per heavy atom. The summed E-state index contributed by atoms with van der Waals surface area (Å²) in [4.78, 5) is 12.0. The van der Waals surface area contributed by atoms with Crippen LogP contribution in [0.3, 0.4) is 0 Å². The van der Waals surface area contributed by atoms with Crippen LogP contribution in [0.5, 0.6) is 11.5 Å². The van der Waals surface area contributed by atoms with E-state index in [1.807, 2.05) is 0 Å². The van der Waals surface area contributed by atoms with Gasteiger partial charge in [-0.25, -0.2) is 0 Å². The Morgan fingerprint density at radius 3 is 3.05 bits per heavy atom. The smallest absolute Gasteiger partial charge is 0.251 e. The van der Waals surface area contributed by atoms with Crippen molar-refractivity contribution < 1.29 is 18.7 Å². The molecule has 0 saturated heterocycles. The van der Waals surface area contributed by atoms with Crippen LogP contribution in [0, 0.1) is 0 Å². The van der Waals surface area contributed by atoms with Crippen molar-refractivity contribution in [3.8, 4) is 11.5 Å². The molecule has 1 N–H and O–H groups in total. The molecule has 1 aromatic heterocycles. The van der Waals surface area contributed by atoms with Crippen molar-refractivity contribution in [2.75, 3.05) is 6.79 Å². The number of benzene rings is 1. The molecule has 6 heteroatoms. The molecular weight excluding hydrogens is 270 g/mol. The van der Waals surface area contributed by atoms with Gasteiger partial charge in [0, 0.05) is 5.56 Å². The normalized spacial score (nSPS) is 12.5. The number of halogens is 1. The van der Waals surface area contributed by atoms with Crippen LogP contribution in [-0.2, 0) is 6.54 Å². The van der Waals surface area contributed by atoms with E-state index in [0.29, 0.717) is 34.4 Å². The van der Waals surface area contributed by atoms with Crippen molar-refractivity contribution in [2.24, 2.45) is 0 Å². The summed E-state index contributed by atoms with van der Waals surface area (Å²) in [6, 6.07) is 6.70. The van der Waals surface area contributed by atoms with Crippen LogP contribution in [0.4, 0.5) is 0 Å². The number of ether oxygens (including phenoxy) is 2. The maximum absolute atomic E-state index is 12.0. The molecule has 98 valence electrons. The van der Waals surface area contributed by atoms with Crippen molar-refractivity contribution in [3.63, 3.8) is 0 Å². The number of rotatable bonds is 3. The topological polar surface area (TPSA) is 60.7 Å². The average Bonchev–Trinajstić information content (AvgIpc) is 3.06. The number of nitrogens with one attached hydrogen (secondary N) is 1.